The SMILES string of the molecule is COc1cc(C(=O)Nc2cccc(C(=O)NN=Cc3ccccc3OC(=O)/C=C/c3ccc(Cl)cc3)c2)cc(OC)c1OC. The van der Waals surface area contributed by atoms with E-state index in [1.165, 1.54) is 51.8 Å². The Bertz CT molecular complexity index is 1690. The number of halogens is 1. The van der Waals surface area contributed by atoms with Crippen molar-refractivity contribution < 1.29 is 33.3 Å². The summed E-state index contributed by atoms with van der Waals surface area (Å²) in [5.41, 5.74) is 4.58. The molecule has 0 aromatic heterocycles. The van der Waals surface area contributed by atoms with E-state index in [2.05, 4.69) is 15.8 Å². The number of nitrogens with one attached hydrogen (secondary N) is 2. The highest BCUT2D eigenvalue weighted by molar-refractivity contribution is 6.30. The molecule has 0 spiro atoms. The Labute approximate surface area is 258 Å². The summed E-state index contributed by atoms with van der Waals surface area (Å²) in [6.07, 6.45) is 4.27. The van der Waals surface area contributed by atoms with E-state index in [0.29, 0.717) is 33.5 Å². The monoisotopic (exact) mass is 613 g/mol. The van der Waals surface area contributed by atoms with Gasteiger partial charge in [0.1, 0.15) is 5.75 Å². The van der Waals surface area contributed by atoms with E-state index in [-0.39, 0.29) is 16.9 Å². The highest BCUT2D eigenvalue weighted by Gasteiger charge is 2.17. The number of amides is 2. The standard InChI is InChI=1S/C33H28ClN3O7/c1-41-28-18-24(19-29(42-2)31(28)43-3)32(39)36-26-9-6-8-22(17-26)33(40)37-35-20-23-7-4-5-10-27(23)44-30(38)16-13-21-11-14-25(34)15-12-21/h4-20H,1-3H3,(H,36,39)(H,37,40)/b16-13+,35-20?. The molecule has 4 aromatic carbocycles. The summed E-state index contributed by atoms with van der Waals surface area (Å²) in [4.78, 5) is 38.1. The fraction of sp³-hybridized carbons (Fsp3) is 0.0909. The lowest BCUT2D eigenvalue weighted by molar-refractivity contribution is -0.128. The van der Waals surface area contributed by atoms with Crippen LogP contribution in [0.25, 0.3) is 6.08 Å². The summed E-state index contributed by atoms with van der Waals surface area (Å²) in [5, 5.41) is 7.36. The van der Waals surface area contributed by atoms with E-state index in [1.807, 2.05) is 0 Å². The van der Waals surface area contributed by atoms with Crippen LogP contribution in [-0.2, 0) is 4.79 Å². The zero-order chi connectivity index (χ0) is 31.5. The molecule has 10 nitrogen and oxygen atoms in total. The zero-order valence-electron chi connectivity index (χ0n) is 24.0. The zero-order valence-corrected chi connectivity index (χ0v) is 24.8. The molecule has 11 heteroatoms. The number of methoxy groups -OCH3 is 3. The Morgan fingerprint density at radius 3 is 2.14 bits per heavy atom. The van der Waals surface area contributed by atoms with Crippen LogP contribution in [0.5, 0.6) is 23.0 Å². The second-order valence-corrected chi connectivity index (χ2v) is 9.43. The maximum absolute atomic E-state index is 13.0. The second kappa shape index (κ2) is 15.0. The third-order valence-corrected chi connectivity index (χ3v) is 6.34. The van der Waals surface area contributed by atoms with Crippen molar-refractivity contribution in [3.05, 3.63) is 118 Å². The largest absolute Gasteiger partial charge is 0.493 e. The van der Waals surface area contributed by atoms with Gasteiger partial charge in [-0.2, -0.15) is 5.10 Å². The molecule has 0 unspecified atom stereocenters. The van der Waals surface area contributed by atoms with Gasteiger partial charge >= 0.3 is 5.97 Å². The molecular weight excluding hydrogens is 586 g/mol. The Hall–Kier alpha value is -5.61. The van der Waals surface area contributed by atoms with Gasteiger partial charge in [0.25, 0.3) is 11.8 Å². The van der Waals surface area contributed by atoms with Gasteiger partial charge in [-0.25, -0.2) is 10.2 Å². The van der Waals surface area contributed by atoms with E-state index in [1.54, 1.807) is 72.8 Å². The average Bonchev–Trinajstić information content (AvgIpc) is 3.04. The first kappa shape index (κ1) is 31.3. The summed E-state index contributed by atoms with van der Waals surface area (Å²) in [7, 11) is 4.38. The van der Waals surface area contributed by atoms with Gasteiger partial charge in [0.2, 0.25) is 5.75 Å². The van der Waals surface area contributed by atoms with Crippen molar-refractivity contribution in [2.45, 2.75) is 0 Å². The predicted octanol–water partition coefficient (Wildman–Crippen LogP) is 6.00. The van der Waals surface area contributed by atoms with Gasteiger partial charge in [0, 0.05) is 33.5 Å². The van der Waals surface area contributed by atoms with Crippen LogP contribution in [0.2, 0.25) is 5.02 Å². The first-order valence-electron chi connectivity index (χ1n) is 13.1. The van der Waals surface area contributed by atoms with Crippen molar-refractivity contribution >= 4 is 47.4 Å². The molecule has 0 heterocycles. The number of benzene rings is 4. The first-order chi connectivity index (χ1) is 21.3. The molecule has 0 aliphatic heterocycles. The smallest absolute Gasteiger partial charge is 0.336 e. The second-order valence-electron chi connectivity index (χ2n) is 8.99. The molecule has 2 N–H and O–H groups in total. The number of carbonyl (C=O) groups is 3. The number of ether oxygens (including phenoxy) is 4. The summed E-state index contributed by atoms with van der Waals surface area (Å²) in [5.74, 6) is -0.289. The summed E-state index contributed by atoms with van der Waals surface area (Å²) in [6, 6.07) is 23.1. The molecule has 0 radical (unpaired) electrons. The molecule has 0 aliphatic rings. The number of rotatable bonds is 11. The summed E-state index contributed by atoms with van der Waals surface area (Å²) in [6.45, 7) is 0. The van der Waals surface area contributed by atoms with E-state index < -0.39 is 17.8 Å². The van der Waals surface area contributed by atoms with Gasteiger partial charge in [-0.3, -0.25) is 9.59 Å². The van der Waals surface area contributed by atoms with Crippen LogP contribution in [0.3, 0.4) is 0 Å². The minimum Gasteiger partial charge on any atom is -0.493 e. The number of hydrogen-bond acceptors (Lipinski definition) is 8. The van der Waals surface area contributed by atoms with E-state index >= 15 is 0 Å². The normalized spacial score (nSPS) is 10.8. The topological polar surface area (TPSA) is 125 Å². The number of esters is 1. The molecule has 224 valence electrons. The Morgan fingerprint density at radius 1 is 0.750 bits per heavy atom. The van der Waals surface area contributed by atoms with Crippen molar-refractivity contribution in [1.29, 1.82) is 0 Å². The van der Waals surface area contributed by atoms with Gasteiger partial charge in [0.05, 0.1) is 27.5 Å². The van der Waals surface area contributed by atoms with Gasteiger partial charge < -0.3 is 24.3 Å². The summed E-state index contributed by atoms with van der Waals surface area (Å²) >= 11 is 5.89. The summed E-state index contributed by atoms with van der Waals surface area (Å²) < 4.78 is 21.4. The fourth-order valence-electron chi connectivity index (χ4n) is 3.94. The molecule has 0 saturated heterocycles. The highest BCUT2D eigenvalue weighted by atomic mass is 35.5. The molecule has 0 bridgehead atoms. The fourth-order valence-corrected chi connectivity index (χ4v) is 4.07. The van der Waals surface area contributed by atoms with Crippen molar-refractivity contribution in [2.24, 2.45) is 5.10 Å². The maximum Gasteiger partial charge on any atom is 0.336 e. The van der Waals surface area contributed by atoms with E-state index in [4.69, 9.17) is 30.5 Å². The van der Waals surface area contributed by atoms with E-state index in [0.717, 1.165) is 5.56 Å². The number of hydrazone groups is 1. The Kier molecular flexibility index (Phi) is 10.7. The predicted molar refractivity (Wildman–Crippen MR) is 168 cm³/mol. The van der Waals surface area contributed by atoms with Crippen LogP contribution in [0.15, 0.2) is 96.1 Å². The minimum atomic E-state index is -0.588. The molecule has 0 aliphatic carbocycles. The molecule has 44 heavy (non-hydrogen) atoms. The Balaban J connectivity index is 1.39. The quantitative estimate of drug-likeness (QED) is 0.0699. The third kappa shape index (κ3) is 8.24. The highest BCUT2D eigenvalue weighted by Crippen LogP contribution is 2.38. The number of anilines is 1. The molecule has 2 amide bonds. The van der Waals surface area contributed by atoms with Crippen molar-refractivity contribution in [3.63, 3.8) is 0 Å². The van der Waals surface area contributed by atoms with Gasteiger partial charge in [-0.1, -0.05) is 41.9 Å². The number of nitrogens with zero attached hydrogens (tertiary/aromatic N) is 1. The molecule has 0 fully saturated rings. The van der Waals surface area contributed by atoms with Crippen molar-refractivity contribution in [2.75, 3.05) is 26.6 Å². The van der Waals surface area contributed by atoms with Crippen LogP contribution in [0, 0.1) is 0 Å². The van der Waals surface area contributed by atoms with Crippen molar-refractivity contribution in [1.82, 2.24) is 5.43 Å². The lowest BCUT2D eigenvalue weighted by Crippen LogP contribution is -2.18. The maximum atomic E-state index is 13.0. The van der Waals surface area contributed by atoms with Gasteiger partial charge in [-0.15, -0.1) is 0 Å². The van der Waals surface area contributed by atoms with Crippen LogP contribution in [-0.4, -0.2) is 45.3 Å². The third-order valence-electron chi connectivity index (χ3n) is 6.09. The lowest BCUT2D eigenvalue weighted by atomic mass is 10.1. The number of para-hydroxylation sites is 1. The molecule has 0 atom stereocenters. The van der Waals surface area contributed by atoms with Gasteiger partial charge in [0.15, 0.2) is 11.5 Å². The lowest BCUT2D eigenvalue weighted by Gasteiger charge is -2.14. The molecule has 0 saturated carbocycles. The van der Waals surface area contributed by atoms with E-state index in [9.17, 15) is 14.4 Å². The molecule has 4 aromatic rings. The molecular formula is C33H28ClN3O7. The number of carbonyl (C=O) groups excluding carboxylic acids is 3. The Morgan fingerprint density at radius 2 is 1.45 bits per heavy atom. The van der Waals surface area contributed by atoms with Crippen LogP contribution >= 0.6 is 11.6 Å². The van der Waals surface area contributed by atoms with Crippen molar-refractivity contribution in [3.8, 4) is 23.0 Å². The number of hydrogen-bond donors (Lipinski definition) is 2. The minimum absolute atomic E-state index is 0.247. The average molecular weight is 614 g/mol. The van der Waals surface area contributed by atoms with Gasteiger partial charge in [-0.05, 0) is 66.2 Å². The molecule has 4 rings (SSSR count). The van der Waals surface area contributed by atoms with Crippen LogP contribution < -0.4 is 29.7 Å². The first-order valence-corrected chi connectivity index (χ1v) is 13.5. The van der Waals surface area contributed by atoms with Crippen LogP contribution in [0.4, 0.5) is 5.69 Å². The van der Waals surface area contributed by atoms with Crippen LogP contribution in [0.1, 0.15) is 31.8 Å².